The zero-order chi connectivity index (χ0) is 16.4. The fourth-order valence-corrected chi connectivity index (χ4v) is 2.64. The Morgan fingerprint density at radius 2 is 2.05 bits per heavy atom. The zero-order valence-electron chi connectivity index (χ0n) is 12.3. The number of carbonyl (C=O) groups excluding carboxylic acids is 1. The maximum atomic E-state index is 13.1. The standard InChI is InChI=1S/C15H19F3N2O2/c1-14(7-4-8-19)10-22-13(21)20(14)9-11-5-2-3-6-12(11)15(16,17)18/h2-3,5-6H,4,7-10,19H2,1H3. The minimum Gasteiger partial charge on any atom is -0.447 e. The summed E-state index contributed by atoms with van der Waals surface area (Å²) in [5.41, 5.74) is 4.19. The van der Waals surface area contributed by atoms with Crippen LogP contribution >= 0.6 is 0 Å². The van der Waals surface area contributed by atoms with Gasteiger partial charge in [-0.2, -0.15) is 13.2 Å². The lowest BCUT2D eigenvalue weighted by Gasteiger charge is -2.32. The molecule has 1 aliphatic heterocycles. The lowest BCUT2D eigenvalue weighted by molar-refractivity contribution is -0.138. The van der Waals surface area contributed by atoms with Gasteiger partial charge < -0.3 is 10.5 Å². The van der Waals surface area contributed by atoms with E-state index in [4.69, 9.17) is 10.5 Å². The zero-order valence-corrected chi connectivity index (χ0v) is 12.3. The van der Waals surface area contributed by atoms with E-state index < -0.39 is 23.4 Å². The molecule has 1 fully saturated rings. The molecule has 7 heteroatoms. The molecule has 0 saturated carbocycles. The summed E-state index contributed by atoms with van der Waals surface area (Å²) in [6.45, 7) is 2.30. The van der Waals surface area contributed by atoms with Gasteiger partial charge in [-0.15, -0.1) is 0 Å². The van der Waals surface area contributed by atoms with Gasteiger partial charge in [-0.25, -0.2) is 4.79 Å². The first kappa shape index (κ1) is 16.6. The van der Waals surface area contributed by atoms with Crippen LogP contribution in [0.3, 0.4) is 0 Å². The van der Waals surface area contributed by atoms with Crippen LogP contribution in [0.25, 0.3) is 0 Å². The van der Waals surface area contributed by atoms with Gasteiger partial charge in [0.15, 0.2) is 0 Å². The van der Waals surface area contributed by atoms with Crippen LogP contribution in [0.4, 0.5) is 18.0 Å². The summed E-state index contributed by atoms with van der Waals surface area (Å²) in [5.74, 6) is 0. The predicted molar refractivity (Wildman–Crippen MR) is 75.0 cm³/mol. The summed E-state index contributed by atoms with van der Waals surface area (Å²) in [5, 5.41) is 0. The molecule has 22 heavy (non-hydrogen) atoms. The van der Waals surface area contributed by atoms with Crippen molar-refractivity contribution in [2.75, 3.05) is 13.2 Å². The van der Waals surface area contributed by atoms with E-state index >= 15 is 0 Å². The number of hydrogen-bond acceptors (Lipinski definition) is 3. The normalized spacial score (nSPS) is 22.0. The van der Waals surface area contributed by atoms with E-state index in [1.54, 1.807) is 0 Å². The van der Waals surface area contributed by atoms with Crippen molar-refractivity contribution >= 4 is 6.09 Å². The van der Waals surface area contributed by atoms with E-state index in [2.05, 4.69) is 0 Å². The molecule has 1 aromatic carbocycles. The molecule has 0 spiro atoms. The lowest BCUT2D eigenvalue weighted by Crippen LogP contribution is -2.44. The van der Waals surface area contributed by atoms with E-state index in [-0.39, 0.29) is 18.7 Å². The minimum atomic E-state index is -4.45. The van der Waals surface area contributed by atoms with E-state index in [1.807, 2.05) is 6.92 Å². The molecular formula is C15H19F3N2O2. The molecule has 2 N–H and O–H groups in total. The van der Waals surface area contributed by atoms with E-state index in [9.17, 15) is 18.0 Å². The number of nitrogens with two attached hydrogens (primary N) is 1. The Kier molecular flexibility index (Phi) is 4.65. The van der Waals surface area contributed by atoms with Crippen LogP contribution in [0.15, 0.2) is 24.3 Å². The van der Waals surface area contributed by atoms with Crippen molar-refractivity contribution in [3.05, 3.63) is 35.4 Å². The molecule has 1 heterocycles. The fraction of sp³-hybridized carbons (Fsp3) is 0.533. The van der Waals surface area contributed by atoms with Crippen LogP contribution in [-0.2, 0) is 17.5 Å². The average molecular weight is 316 g/mol. The second-order valence-electron chi connectivity index (χ2n) is 5.68. The van der Waals surface area contributed by atoms with E-state index in [0.717, 1.165) is 6.07 Å². The van der Waals surface area contributed by atoms with Crippen LogP contribution in [0, 0.1) is 0 Å². The molecule has 0 bridgehead atoms. The summed E-state index contributed by atoms with van der Waals surface area (Å²) >= 11 is 0. The number of hydrogen-bond donors (Lipinski definition) is 1. The fourth-order valence-electron chi connectivity index (χ4n) is 2.64. The van der Waals surface area contributed by atoms with Gasteiger partial charge in [0, 0.05) is 0 Å². The minimum absolute atomic E-state index is 0.0628. The van der Waals surface area contributed by atoms with Crippen LogP contribution in [0.1, 0.15) is 30.9 Å². The summed E-state index contributed by atoms with van der Waals surface area (Å²) in [7, 11) is 0. The Bertz CT molecular complexity index is 548. The topological polar surface area (TPSA) is 55.6 Å². The lowest BCUT2D eigenvalue weighted by atomic mass is 9.94. The number of carbonyl (C=O) groups is 1. The first-order chi connectivity index (χ1) is 10.3. The molecule has 1 unspecified atom stereocenters. The highest BCUT2D eigenvalue weighted by Crippen LogP contribution is 2.35. The molecule has 1 aliphatic rings. The molecule has 4 nitrogen and oxygen atoms in total. The third-order valence-electron chi connectivity index (χ3n) is 3.95. The number of alkyl halides is 3. The number of nitrogens with zero attached hydrogens (tertiary/aromatic N) is 1. The smallest absolute Gasteiger partial charge is 0.416 e. The number of halogens is 3. The van der Waals surface area contributed by atoms with Gasteiger partial charge in [0.25, 0.3) is 0 Å². The van der Waals surface area contributed by atoms with Crippen LogP contribution in [0.5, 0.6) is 0 Å². The SMILES string of the molecule is CC1(CCCN)COC(=O)N1Cc1ccccc1C(F)(F)F. The number of benzene rings is 1. The van der Waals surface area contributed by atoms with Gasteiger partial charge in [0.1, 0.15) is 6.61 Å². The highest BCUT2D eigenvalue weighted by molar-refractivity contribution is 5.71. The van der Waals surface area contributed by atoms with Crippen LogP contribution in [-0.4, -0.2) is 29.7 Å². The maximum absolute atomic E-state index is 13.1. The molecule has 0 aromatic heterocycles. The number of amides is 1. The Labute approximate surface area is 127 Å². The third-order valence-corrected chi connectivity index (χ3v) is 3.95. The van der Waals surface area contributed by atoms with Gasteiger partial charge in [0.2, 0.25) is 0 Å². The van der Waals surface area contributed by atoms with Gasteiger partial charge in [0.05, 0.1) is 17.6 Å². The molecule has 1 amide bonds. The van der Waals surface area contributed by atoms with Gasteiger partial charge in [-0.05, 0) is 37.9 Å². The van der Waals surface area contributed by atoms with Crippen molar-refractivity contribution in [3.8, 4) is 0 Å². The van der Waals surface area contributed by atoms with E-state index in [1.165, 1.54) is 23.1 Å². The molecule has 1 atom stereocenters. The molecule has 0 radical (unpaired) electrons. The average Bonchev–Trinajstić information content (AvgIpc) is 2.74. The van der Waals surface area contributed by atoms with Crippen molar-refractivity contribution in [2.24, 2.45) is 5.73 Å². The summed E-state index contributed by atoms with van der Waals surface area (Å²) in [6.07, 6.45) is -3.78. The molecular weight excluding hydrogens is 297 g/mol. The van der Waals surface area contributed by atoms with Crippen molar-refractivity contribution in [1.29, 1.82) is 0 Å². The summed E-state index contributed by atoms with van der Waals surface area (Å²) in [4.78, 5) is 13.3. The van der Waals surface area contributed by atoms with Crippen LogP contribution < -0.4 is 5.73 Å². The monoisotopic (exact) mass is 316 g/mol. The Balaban J connectivity index is 2.27. The first-order valence-corrected chi connectivity index (χ1v) is 7.07. The summed E-state index contributed by atoms with van der Waals surface area (Å²) < 4.78 is 44.2. The maximum Gasteiger partial charge on any atom is 0.416 e. The Morgan fingerprint density at radius 3 is 2.68 bits per heavy atom. The van der Waals surface area contributed by atoms with Crippen LogP contribution in [0.2, 0.25) is 0 Å². The first-order valence-electron chi connectivity index (χ1n) is 7.07. The molecule has 0 aliphatic carbocycles. The highest BCUT2D eigenvalue weighted by Gasteiger charge is 2.44. The number of cyclic esters (lactones) is 1. The molecule has 2 rings (SSSR count). The number of ether oxygens (including phenoxy) is 1. The van der Waals surface area contributed by atoms with Gasteiger partial charge in [-0.3, -0.25) is 4.90 Å². The van der Waals surface area contributed by atoms with Crippen molar-refractivity contribution in [2.45, 2.75) is 38.0 Å². The summed E-state index contributed by atoms with van der Waals surface area (Å²) in [6, 6.07) is 5.27. The Morgan fingerprint density at radius 1 is 1.36 bits per heavy atom. The largest absolute Gasteiger partial charge is 0.447 e. The molecule has 1 aromatic rings. The van der Waals surface area contributed by atoms with Crippen molar-refractivity contribution < 1.29 is 22.7 Å². The third kappa shape index (κ3) is 3.35. The quantitative estimate of drug-likeness (QED) is 0.908. The predicted octanol–water partition coefficient (Wildman–Crippen LogP) is 3.16. The second-order valence-corrected chi connectivity index (χ2v) is 5.68. The molecule has 122 valence electrons. The molecule has 1 saturated heterocycles. The van der Waals surface area contributed by atoms with Crippen molar-refractivity contribution in [3.63, 3.8) is 0 Å². The Hall–Kier alpha value is -1.76. The second kappa shape index (κ2) is 6.16. The van der Waals surface area contributed by atoms with Gasteiger partial charge in [-0.1, -0.05) is 18.2 Å². The van der Waals surface area contributed by atoms with E-state index in [0.29, 0.717) is 19.4 Å². The van der Waals surface area contributed by atoms with Gasteiger partial charge >= 0.3 is 12.3 Å². The van der Waals surface area contributed by atoms with Crippen molar-refractivity contribution in [1.82, 2.24) is 4.90 Å². The highest BCUT2D eigenvalue weighted by atomic mass is 19.4. The number of rotatable bonds is 5.